The summed E-state index contributed by atoms with van der Waals surface area (Å²) in [7, 11) is -2.53. The van der Waals surface area contributed by atoms with Gasteiger partial charge in [0, 0.05) is 27.8 Å². The highest BCUT2D eigenvalue weighted by Gasteiger charge is 2.49. The average Bonchev–Trinajstić information content (AvgIpc) is 2.83. The van der Waals surface area contributed by atoms with Crippen LogP contribution in [0.4, 0.5) is 0 Å². The summed E-state index contributed by atoms with van der Waals surface area (Å²) in [6.45, 7) is 10.1. The number of hydrogen-bond acceptors (Lipinski definition) is 5. The molecule has 6 heteroatoms. The fourth-order valence-electron chi connectivity index (χ4n) is 4.02. The van der Waals surface area contributed by atoms with Gasteiger partial charge in [0.2, 0.25) is 0 Å². The van der Waals surface area contributed by atoms with E-state index in [1.54, 1.807) is 6.92 Å². The lowest BCUT2D eigenvalue weighted by molar-refractivity contribution is -0.0418. The van der Waals surface area contributed by atoms with E-state index in [9.17, 15) is 10.2 Å². The Morgan fingerprint density at radius 1 is 0.818 bits per heavy atom. The number of aliphatic hydroxyl groups excluding tert-OH is 2. The summed E-state index contributed by atoms with van der Waals surface area (Å²) in [4.78, 5) is 0. The lowest BCUT2D eigenvalue weighted by Crippen LogP contribution is -2.66. The minimum absolute atomic E-state index is 0.0245. The van der Waals surface area contributed by atoms with Crippen molar-refractivity contribution in [2.45, 2.75) is 64.2 Å². The SMILES string of the molecule is [3H]C(COCCCO[Si](c1ccccc1)(c1ccccc1)C(C)(C)C)COCC(O)C(O)CC. The standard InChI is InChI=1S/C27H42O5Si/c1-5-25(28)26(29)22-31-20-12-18-30-19-13-21-32-33(27(2,3)4,23-14-8-6-9-15-23)24-16-10-7-11-17-24/h6-11,14-17,25-26,28-29H,5,12-13,18-22H2,1-4H3/i12T. The van der Waals surface area contributed by atoms with Crippen LogP contribution in [-0.4, -0.2) is 63.8 Å². The summed E-state index contributed by atoms with van der Waals surface area (Å²) < 4.78 is 25.9. The van der Waals surface area contributed by atoms with Crippen molar-refractivity contribution in [3.63, 3.8) is 0 Å². The molecule has 0 saturated carbocycles. The van der Waals surface area contributed by atoms with Gasteiger partial charge in [0.15, 0.2) is 0 Å². The van der Waals surface area contributed by atoms with Crippen LogP contribution >= 0.6 is 0 Å². The first kappa shape index (κ1) is 26.1. The van der Waals surface area contributed by atoms with E-state index in [4.69, 9.17) is 15.3 Å². The normalized spacial score (nSPS) is 15.6. The fraction of sp³-hybridized carbons (Fsp3) is 0.556. The van der Waals surface area contributed by atoms with Crippen molar-refractivity contribution < 1.29 is 25.5 Å². The highest BCUT2D eigenvalue weighted by molar-refractivity contribution is 6.99. The van der Waals surface area contributed by atoms with E-state index in [1.807, 2.05) is 12.1 Å². The van der Waals surface area contributed by atoms with Crippen molar-refractivity contribution in [3.8, 4) is 0 Å². The molecule has 0 saturated heterocycles. The maximum atomic E-state index is 9.71. The molecule has 0 aliphatic carbocycles. The van der Waals surface area contributed by atoms with E-state index in [0.29, 0.717) is 19.6 Å². The Kier molecular flexibility index (Phi) is 11.1. The number of hydrogen-bond donors (Lipinski definition) is 2. The third-order valence-corrected chi connectivity index (χ3v) is 10.8. The first-order valence-electron chi connectivity index (χ1n) is 12.5. The Balaban J connectivity index is 1.88. The minimum atomic E-state index is -2.53. The molecule has 2 aromatic carbocycles. The minimum Gasteiger partial charge on any atom is -0.407 e. The molecular weight excluding hydrogens is 432 g/mol. The zero-order chi connectivity index (χ0) is 25.0. The second-order valence-electron chi connectivity index (χ2n) is 9.31. The smallest absolute Gasteiger partial charge is 0.261 e. The molecule has 2 rings (SSSR count). The second kappa shape index (κ2) is 14.0. The van der Waals surface area contributed by atoms with Gasteiger partial charge in [-0.1, -0.05) is 88.4 Å². The molecule has 0 aromatic heterocycles. The van der Waals surface area contributed by atoms with Gasteiger partial charge in [0.1, 0.15) is 6.10 Å². The maximum Gasteiger partial charge on any atom is 0.261 e. The molecule has 0 radical (unpaired) electrons. The van der Waals surface area contributed by atoms with Crippen LogP contribution in [0.5, 0.6) is 0 Å². The Morgan fingerprint density at radius 3 is 1.88 bits per heavy atom. The van der Waals surface area contributed by atoms with Gasteiger partial charge >= 0.3 is 0 Å². The van der Waals surface area contributed by atoms with Gasteiger partial charge < -0.3 is 24.1 Å². The lowest BCUT2D eigenvalue weighted by Gasteiger charge is -2.43. The zero-order valence-electron chi connectivity index (χ0n) is 21.6. The molecule has 3 atom stereocenters. The summed E-state index contributed by atoms with van der Waals surface area (Å²) in [6.07, 6.45) is -1.05. The van der Waals surface area contributed by atoms with Crippen molar-refractivity contribution in [2.75, 3.05) is 33.0 Å². The first-order chi connectivity index (χ1) is 16.2. The van der Waals surface area contributed by atoms with Crippen molar-refractivity contribution in [3.05, 3.63) is 60.7 Å². The van der Waals surface area contributed by atoms with Gasteiger partial charge in [-0.15, -0.1) is 0 Å². The van der Waals surface area contributed by atoms with E-state index >= 15 is 0 Å². The lowest BCUT2D eigenvalue weighted by atomic mass is 10.2. The Labute approximate surface area is 202 Å². The van der Waals surface area contributed by atoms with Crippen LogP contribution in [0.15, 0.2) is 60.7 Å². The quantitative estimate of drug-likeness (QED) is 0.304. The summed E-state index contributed by atoms with van der Waals surface area (Å²) in [6, 6.07) is 21.1. The van der Waals surface area contributed by atoms with Gasteiger partial charge in [-0.2, -0.15) is 0 Å². The van der Waals surface area contributed by atoms with Crippen LogP contribution in [-0.2, 0) is 13.9 Å². The second-order valence-corrected chi connectivity index (χ2v) is 13.6. The van der Waals surface area contributed by atoms with Crippen LogP contribution in [0.3, 0.4) is 0 Å². The molecule has 0 spiro atoms. The topological polar surface area (TPSA) is 68.2 Å². The monoisotopic (exact) mass is 476 g/mol. The largest absolute Gasteiger partial charge is 0.407 e. The highest BCUT2D eigenvalue weighted by Crippen LogP contribution is 2.36. The molecule has 0 aliphatic rings. The maximum absolute atomic E-state index is 9.71. The number of ether oxygens (including phenoxy) is 2. The van der Waals surface area contributed by atoms with Crippen LogP contribution in [0.1, 0.15) is 48.3 Å². The molecule has 2 N–H and O–H groups in total. The molecule has 184 valence electrons. The summed E-state index contributed by atoms with van der Waals surface area (Å²) in [5.74, 6) is 0. The van der Waals surface area contributed by atoms with Gasteiger partial charge in [-0.3, -0.25) is 0 Å². The van der Waals surface area contributed by atoms with Crippen LogP contribution < -0.4 is 10.4 Å². The highest BCUT2D eigenvalue weighted by atomic mass is 28.4. The molecule has 33 heavy (non-hydrogen) atoms. The Bertz CT molecular complexity index is 760. The number of rotatable bonds is 15. The average molecular weight is 477 g/mol. The van der Waals surface area contributed by atoms with Gasteiger partial charge in [-0.25, -0.2) is 0 Å². The molecule has 0 aliphatic heterocycles. The van der Waals surface area contributed by atoms with E-state index in [0.717, 1.165) is 6.42 Å². The molecule has 0 heterocycles. The molecule has 0 fully saturated rings. The molecule has 0 amide bonds. The van der Waals surface area contributed by atoms with Crippen LogP contribution in [0, 0.1) is 0 Å². The Hall–Kier alpha value is -1.54. The predicted molar refractivity (Wildman–Crippen MR) is 137 cm³/mol. The van der Waals surface area contributed by atoms with Crippen LogP contribution in [0.2, 0.25) is 5.04 Å². The van der Waals surface area contributed by atoms with E-state index in [-0.39, 0.29) is 24.9 Å². The summed E-state index contributed by atoms with van der Waals surface area (Å²) >= 11 is 0. The number of aliphatic hydroxyl groups is 2. The summed E-state index contributed by atoms with van der Waals surface area (Å²) in [5.41, 5.74) is 0. The molecule has 2 aromatic rings. The summed E-state index contributed by atoms with van der Waals surface area (Å²) in [5, 5.41) is 21.7. The van der Waals surface area contributed by atoms with E-state index < -0.39 is 26.9 Å². The van der Waals surface area contributed by atoms with Gasteiger partial charge in [0.25, 0.3) is 8.32 Å². The van der Waals surface area contributed by atoms with Crippen molar-refractivity contribution in [1.82, 2.24) is 0 Å². The number of benzene rings is 2. The molecule has 5 nitrogen and oxygen atoms in total. The molecule has 0 bridgehead atoms. The third-order valence-electron chi connectivity index (χ3n) is 5.79. The Morgan fingerprint density at radius 2 is 1.36 bits per heavy atom. The van der Waals surface area contributed by atoms with Crippen molar-refractivity contribution in [2.24, 2.45) is 0 Å². The van der Waals surface area contributed by atoms with Crippen molar-refractivity contribution >= 4 is 18.7 Å². The fourth-order valence-corrected chi connectivity index (χ4v) is 8.62. The van der Waals surface area contributed by atoms with E-state index in [1.165, 1.54) is 10.4 Å². The van der Waals surface area contributed by atoms with Gasteiger partial charge in [0.05, 0.1) is 12.7 Å². The van der Waals surface area contributed by atoms with Crippen LogP contribution in [0.25, 0.3) is 0 Å². The first-order valence-corrected chi connectivity index (χ1v) is 13.8. The molecular formula is C27H42O5Si. The molecule has 3 unspecified atom stereocenters. The van der Waals surface area contributed by atoms with E-state index in [2.05, 4.69) is 69.3 Å². The zero-order valence-corrected chi connectivity index (χ0v) is 21.6. The third kappa shape index (κ3) is 8.02. The predicted octanol–water partition coefficient (Wildman–Crippen LogP) is 3.51. The van der Waals surface area contributed by atoms with Crippen molar-refractivity contribution in [1.29, 1.82) is 0 Å². The van der Waals surface area contributed by atoms with Gasteiger partial charge in [-0.05, 0) is 34.7 Å².